The number of carboxylic acids is 1. The van der Waals surface area contributed by atoms with Crippen molar-refractivity contribution in [3.63, 3.8) is 0 Å². The number of benzene rings is 1. The second-order valence-electron chi connectivity index (χ2n) is 9.61. The molecular weight excluding hydrogens is 550 g/mol. The molecule has 226 valence electrons. The molecule has 13 N–H and O–H groups in total. The number of thiol groups is 1. The number of rotatable bonds is 18. The molecular formula is C26H41N9O5S. The fourth-order valence-electron chi connectivity index (χ4n) is 4.16. The van der Waals surface area contributed by atoms with Gasteiger partial charge in [-0.1, -0.05) is 18.2 Å². The van der Waals surface area contributed by atoms with E-state index in [1.165, 1.54) is 0 Å². The molecule has 0 saturated carbocycles. The molecule has 0 fully saturated rings. The van der Waals surface area contributed by atoms with E-state index in [2.05, 4.69) is 38.6 Å². The maximum absolute atomic E-state index is 13.3. The lowest BCUT2D eigenvalue weighted by atomic mass is 10.0. The van der Waals surface area contributed by atoms with Gasteiger partial charge in [0.15, 0.2) is 5.96 Å². The van der Waals surface area contributed by atoms with Crippen LogP contribution in [-0.2, 0) is 25.6 Å². The van der Waals surface area contributed by atoms with E-state index in [4.69, 9.17) is 22.9 Å². The Morgan fingerprint density at radius 1 is 0.927 bits per heavy atom. The van der Waals surface area contributed by atoms with Gasteiger partial charge in [0, 0.05) is 35.8 Å². The lowest BCUT2D eigenvalue weighted by Crippen LogP contribution is -2.57. The maximum atomic E-state index is 13.3. The minimum atomic E-state index is -1.25. The van der Waals surface area contributed by atoms with Crippen LogP contribution in [-0.4, -0.2) is 82.8 Å². The summed E-state index contributed by atoms with van der Waals surface area (Å²) >= 11 is 4.02. The highest BCUT2D eigenvalue weighted by molar-refractivity contribution is 7.80. The highest BCUT2D eigenvalue weighted by atomic mass is 32.1. The third-order valence-electron chi connectivity index (χ3n) is 6.41. The number of aliphatic imine (C=N–C) groups is 1. The van der Waals surface area contributed by atoms with Crippen molar-refractivity contribution in [2.75, 3.05) is 18.8 Å². The number of amides is 3. The van der Waals surface area contributed by atoms with Gasteiger partial charge >= 0.3 is 5.97 Å². The maximum Gasteiger partial charge on any atom is 0.326 e. The van der Waals surface area contributed by atoms with E-state index in [0.717, 1.165) is 16.5 Å². The Balaban J connectivity index is 2.19. The largest absolute Gasteiger partial charge is 0.480 e. The predicted octanol–water partition coefficient (Wildman–Crippen LogP) is -1.31. The first-order valence-electron chi connectivity index (χ1n) is 13.4. The fraction of sp³-hybridized carbons (Fsp3) is 0.500. The number of para-hydroxylation sites is 1. The van der Waals surface area contributed by atoms with Crippen LogP contribution in [0.4, 0.5) is 0 Å². The minimum absolute atomic E-state index is 0.0274. The third kappa shape index (κ3) is 10.9. The number of carboxylic acid groups (broad SMARTS) is 1. The van der Waals surface area contributed by atoms with Crippen molar-refractivity contribution in [3.05, 3.63) is 36.0 Å². The number of fused-ring (bicyclic) bond motifs is 1. The molecule has 4 atom stereocenters. The van der Waals surface area contributed by atoms with Crippen LogP contribution >= 0.6 is 12.6 Å². The van der Waals surface area contributed by atoms with Crippen LogP contribution in [0, 0.1) is 0 Å². The minimum Gasteiger partial charge on any atom is -0.480 e. The first-order valence-corrected chi connectivity index (χ1v) is 14.0. The van der Waals surface area contributed by atoms with E-state index in [1.54, 1.807) is 6.20 Å². The van der Waals surface area contributed by atoms with Crippen molar-refractivity contribution < 1.29 is 24.3 Å². The zero-order chi connectivity index (χ0) is 30.4. The number of guanidine groups is 1. The fourth-order valence-corrected chi connectivity index (χ4v) is 4.33. The van der Waals surface area contributed by atoms with Crippen molar-refractivity contribution in [2.45, 2.75) is 62.7 Å². The average molecular weight is 592 g/mol. The number of hydrogen-bond donors (Lipinski definition) is 10. The van der Waals surface area contributed by atoms with Crippen LogP contribution in [0.25, 0.3) is 10.9 Å². The second kappa shape index (κ2) is 17.1. The molecule has 4 unspecified atom stereocenters. The number of unbranched alkanes of at least 4 members (excludes halogenated alkanes) is 1. The van der Waals surface area contributed by atoms with E-state index < -0.39 is 47.9 Å². The summed E-state index contributed by atoms with van der Waals surface area (Å²) in [6, 6.07) is 3.10. The summed E-state index contributed by atoms with van der Waals surface area (Å²) < 4.78 is 0. The molecule has 2 aromatic rings. The van der Waals surface area contributed by atoms with Gasteiger partial charge in [-0.15, -0.1) is 0 Å². The van der Waals surface area contributed by atoms with Gasteiger partial charge in [0.25, 0.3) is 0 Å². The first-order chi connectivity index (χ1) is 19.6. The summed E-state index contributed by atoms with van der Waals surface area (Å²) in [4.78, 5) is 58.1. The monoisotopic (exact) mass is 591 g/mol. The summed E-state index contributed by atoms with van der Waals surface area (Å²) in [7, 11) is 0. The molecule has 0 bridgehead atoms. The van der Waals surface area contributed by atoms with Crippen LogP contribution < -0.4 is 38.9 Å². The van der Waals surface area contributed by atoms with Crippen LogP contribution in [0.15, 0.2) is 35.5 Å². The number of H-pyrrole nitrogens is 1. The number of aliphatic carboxylic acids is 1. The first kappa shape index (κ1) is 33.4. The molecule has 3 amide bonds. The van der Waals surface area contributed by atoms with Crippen LogP contribution in [0.3, 0.4) is 0 Å². The lowest BCUT2D eigenvalue weighted by Gasteiger charge is -2.25. The van der Waals surface area contributed by atoms with Crippen LogP contribution in [0.5, 0.6) is 0 Å². The number of nitrogens with zero attached hydrogens (tertiary/aromatic N) is 1. The van der Waals surface area contributed by atoms with Gasteiger partial charge in [-0.05, 0) is 50.3 Å². The highest BCUT2D eigenvalue weighted by Gasteiger charge is 2.30. The van der Waals surface area contributed by atoms with Crippen molar-refractivity contribution in [1.29, 1.82) is 0 Å². The second-order valence-corrected chi connectivity index (χ2v) is 9.97. The lowest BCUT2D eigenvalue weighted by molar-refractivity contribution is -0.142. The Bertz CT molecular complexity index is 1200. The number of nitrogens with two attached hydrogens (primary N) is 4. The topological polar surface area (TPSA) is 257 Å². The summed E-state index contributed by atoms with van der Waals surface area (Å²) in [6.07, 6.45) is 3.54. The van der Waals surface area contributed by atoms with Gasteiger partial charge in [0.1, 0.15) is 18.1 Å². The van der Waals surface area contributed by atoms with E-state index in [0.29, 0.717) is 25.8 Å². The van der Waals surface area contributed by atoms with Gasteiger partial charge in [-0.3, -0.25) is 19.4 Å². The average Bonchev–Trinajstić information content (AvgIpc) is 3.35. The molecule has 0 aliphatic heterocycles. The number of aromatic nitrogens is 1. The van der Waals surface area contributed by atoms with Gasteiger partial charge in [-0.2, -0.15) is 12.6 Å². The Hall–Kier alpha value is -3.82. The SMILES string of the molecule is NCCCCC(NC(=O)C(CCCN=C(N)N)NC(=O)C(N)CS)C(=O)NC(Cc1c[nH]c2ccccc12)C(=O)O. The van der Waals surface area contributed by atoms with E-state index in [-0.39, 0.29) is 37.5 Å². The standard InChI is InChI=1S/C26H41N9O5S/c27-10-4-3-8-19(34-23(37)20(9-5-11-31-26(29)30)33-22(36)17(28)14-41)24(38)35-21(25(39)40)12-15-13-32-18-7-2-1-6-16(15)18/h1-2,6-7,13,17,19-21,32,41H,3-5,8-12,14,27-28H2,(H,33,36)(H,34,37)(H,35,38)(H,39,40)(H4,29,30,31). The van der Waals surface area contributed by atoms with Crippen molar-refractivity contribution >= 4 is 53.2 Å². The number of carbonyl (C=O) groups excluding carboxylic acids is 3. The third-order valence-corrected chi connectivity index (χ3v) is 6.80. The van der Waals surface area contributed by atoms with Gasteiger partial charge in [0.05, 0.1) is 6.04 Å². The van der Waals surface area contributed by atoms with Gasteiger partial charge < -0.3 is 49.0 Å². The quantitative estimate of drug-likeness (QED) is 0.0426. The molecule has 0 spiro atoms. The molecule has 15 heteroatoms. The molecule has 0 saturated heterocycles. The molecule has 41 heavy (non-hydrogen) atoms. The summed E-state index contributed by atoms with van der Waals surface area (Å²) in [5, 5.41) is 18.5. The molecule has 0 aliphatic carbocycles. The van der Waals surface area contributed by atoms with Crippen molar-refractivity contribution in [2.24, 2.45) is 27.9 Å². The summed E-state index contributed by atoms with van der Waals surface area (Å²) in [5.74, 6) is -3.15. The Morgan fingerprint density at radius 2 is 1.54 bits per heavy atom. The Kier molecular flexibility index (Phi) is 13.9. The zero-order valence-electron chi connectivity index (χ0n) is 22.8. The molecule has 2 rings (SSSR count). The smallest absolute Gasteiger partial charge is 0.326 e. The number of hydrogen-bond acceptors (Lipinski definition) is 8. The molecule has 1 aromatic heterocycles. The predicted molar refractivity (Wildman–Crippen MR) is 160 cm³/mol. The molecule has 1 aromatic carbocycles. The van der Waals surface area contributed by atoms with Crippen LogP contribution in [0.2, 0.25) is 0 Å². The molecule has 0 radical (unpaired) electrons. The van der Waals surface area contributed by atoms with E-state index in [1.807, 2.05) is 24.3 Å². The highest BCUT2D eigenvalue weighted by Crippen LogP contribution is 2.19. The normalized spacial score (nSPS) is 13.9. The van der Waals surface area contributed by atoms with E-state index in [9.17, 15) is 24.3 Å². The van der Waals surface area contributed by atoms with Crippen LogP contribution in [0.1, 0.15) is 37.7 Å². The van der Waals surface area contributed by atoms with Gasteiger partial charge in [0.2, 0.25) is 17.7 Å². The summed E-state index contributed by atoms with van der Waals surface area (Å²) in [5.41, 5.74) is 23.6. The Morgan fingerprint density at radius 3 is 2.15 bits per heavy atom. The summed E-state index contributed by atoms with van der Waals surface area (Å²) in [6.45, 7) is 0.598. The molecule has 0 aliphatic rings. The number of aromatic amines is 1. The van der Waals surface area contributed by atoms with Crippen molar-refractivity contribution in [3.8, 4) is 0 Å². The number of carbonyl (C=O) groups is 4. The van der Waals surface area contributed by atoms with E-state index >= 15 is 0 Å². The zero-order valence-corrected chi connectivity index (χ0v) is 23.7. The number of nitrogens with one attached hydrogen (secondary N) is 4. The Labute approximate surface area is 243 Å². The molecule has 1 heterocycles. The van der Waals surface area contributed by atoms with Gasteiger partial charge in [-0.25, -0.2) is 4.79 Å². The molecule has 14 nitrogen and oxygen atoms in total. The van der Waals surface area contributed by atoms with Crippen molar-refractivity contribution in [1.82, 2.24) is 20.9 Å².